The number of fused-ring (bicyclic) bond motifs is 1. The van der Waals surface area contributed by atoms with Crippen molar-refractivity contribution < 1.29 is 13.2 Å². The smallest absolute Gasteiger partial charge is 0.356 e. The van der Waals surface area contributed by atoms with E-state index in [0.29, 0.717) is 19.5 Å². The molecule has 2 atom stereocenters. The van der Waals surface area contributed by atoms with Crippen molar-refractivity contribution in [2.24, 2.45) is 16.8 Å². The highest BCUT2D eigenvalue weighted by Crippen LogP contribution is 2.35. The molecule has 0 aromatic rings. The van der Waals surface area contributed by atoms with Crippen LogP contribution in [0.1, 0.15) is 32.1 Å². The SMILES string of the molecule is CN=C(NCCCN(C)CC(F)(F)F)N1CC2CCCCC2C1.I. The van der Waals surface area contributed by atoms with E-state index in [1.165, 1.54) is 37.6 Å². The van der Waals surface area contributed by atoms with E-state index in [-0.39, 0.29) is 24.0 Å². The monoisotopic (exact) mass is 462 g/mol. The molecular formula is C16H30F3IN4. The van der Waals surface area contributed by atoms with Gasteiger partial charge in [-0.15, -0.1) is 24.0 Å². The Morgan fingerprint density at radius 1 is 1.21 bits per heavy atom. The highest BCUT2D eigenvalue weighted by atomic mass is 127. The summed E-state index contributed by atoms with van der Waals surface area (Å²) in [4.78, 5) is 7.98. The van der Waals surface area contributed by atoms with Gasteiger partial charge in [0.1, 0.15) is 0 Å². The number of nitrogens with zero attached hydrogens (tertiary/aromatic N) is 3. The van der Waals surface area contributed by atoms with Crippen molar-refractivity contribution in [2.75, 3.05) is 46.8 Å². The standard InChI is InChI=1S/C16H29F3N4.HI/c1-20-15(21-8-5-9-22(2)12-16(17,18)19)23-10-13-6-3-4-7-14(13)11-23;/h13-14H,3-12H2,1-2H3,(H,20,21);1H. The van der Waals surface area contributed by atoms with E-state index in [1.54, 1.807) is 7.05 Å². The quantitative estimate of drug-likeness (QED) is 0.295. The fourth-order valence-electron chi connectivity index (χ4n) is 3.85. The summed E-state index contributed by atoms with van der Waals surface area (Å²) in [6, 6.07) is 0. The number of guanidine groups is 1. The van der Waals surface area contributed by atoms with Crippen LogP contribution in [0.4, 0.5) is 13.2 Å². The Labute approximate surface area is 160 Å². The van der Waals surface area contributed by atoms with Crippen molar-refractivity contribution in [3.8, 4) is 0 Å². The molecule has 1 aliphatic heterocycles. The summed E-state index contributed by atoms with van der Waals surface area (Å²) in [5, 5.41) is 3.31. The first-order valence-electron chi connectivity index (χ1n) is 8.60. The molecule has 142 valence electrons. The average Bonchev–Trinajstić information content (AvgIpc) is 2.89. The van der Waals surface area contributed by atoms with Crippen LogP contribution in [0.25, 0.3) is 0 Å². The van der Waals surface area contributed by atoms with E-state index >= 15 is 0 Å². The third-order valence-corrected chi connectivity index (χ3v) is 4.94. The molecule has 8 heteroatoms. The molecule has 4 nitrogen and oxygen atoms in total. The molecule has 1 aliphatic carbocycles. The minimum Gasteiger partial charge on any atom is -0.356 e. The van der Waals surface area contributed by atoms with Gasteiger partial charge < -0.3 is 10.2 Å². The second-order valence-electron chi connectivity index (χ2n) is 6.89. The third-order valence-electron chi connectivity index (χ3n) is 4.94. The van der Waals surface area contributed by atoms with Gasteiger partial charge in [-0.3, -0.25) is 9.89 Å². The predicted octanol–water partition coefficient (Wildman–Crippen LogP) is 3.19. The fourth-order valence-corrected chi connectivity index (χ4v) is 3.85. The zero-order valence-electron chi connectivity index (χ0n) is 14.6. The van der Waals surface area contributed by atoms with Crippen molar-refractivity contribution in [1.82, 2.24) is 15.1 Å². The lowest BCUT2D eigenvalue weighted by Gasteiger charge is -2.23. The number of alkyl halides is 3. The molecule has 0 spiro atoms. The summed E-state index contributed by atoms with van der Waals surface area (Å²) >= 11 is 0. The Morgan fingerprint density at radius 3 is 2.29 bits per heavy atom. The maximum atomic E-state index is 12.3. The van der Waals surface area contributed by atoms with Crippen LogP contribution in [0.15, 0.2) is 4.99 Å². The first-order chi connectivity index (χ1) is 10.9. The Morgan fingerprint density at radius 2 is 1.79 bits per heavy atom. The average molecular weight is 462 g/mol. The number of rotatable bonds is 5. The van der Waals surface area contributed by atoms with E-state index in [0.717, 1.165) is 30.9 Å². The molecule has 0 bridgehead atoms. The van der Waals surface area contributed by atoms with E-state index in [9.17, 15) is 13.2 Å². The van der Waals surface area contributed by atoms with Crippen molar-refractivity contribution in [1.29, 1.82) is 0 Å². The van der Waals surface area contributed by atoms with Crippen LogP contribution in [-0.2, 0) is 0 Å². The number of nitrogens with one attached hydrogen (secondary N) is 1. The minimum absolute atomic E-state index is 0. The summed E-state index contributed by atoms with van der Waals surface area (Å²) in [5.41, 5.74) is 0. The lowest BCUT2D eigenvalue weighted by Crippen LogP contribution is -2.41. The molecule has 1 N–H and O–H groups in total. The second-order valence-corrected chi connectivity index (χ2v) is 6.89. The summed E-state index contributed by atoms with van der Waals surface area (Å²) in [6.07, 6.45) is 1.87. The second kappa shape index (κ2) is 10.0. The molecule has 1 heterocycles. The number of likely N-dealkylation sites (tertiary alicyclic amines) is 1. The first kappa shape index (κ1) is 21.8. The molecular weight excluding hydrogens is 432 g/mol. The molecule has 1 saturated heterocycles. The summed E-state index contributed by atoms with van der Waals surface area (Å²) in [6.45, 7) is 2.36. The molecule has 0 radical (unpaired) electrons. The molecule has 2 rings (SSSR count). The van der Waals surface area contributed by atoms with Crippen molar-refractivity contribution in [3.05, 3.63) is 0 Å². The number of aliphatic imine (C=N–C) groups is 1. The summed E-state index contributed by atoms with van der Waals surface area (Å²) in [7, 11) is 3.29. The fraction of sp³-hybridized carbons (Fsp3) is 0.938. The highest BCUT2D eigenvalue weighted by Gasteiger charge is 2.35. The highest BCUT2D eigenvalue weighted by molar-refractivity contribution is 14.0. The Bertz CT molecular complexity index is 389. The van der Waals surface area contributed by atoms with E-state index in [4.69, 9.17) is 0 Å². The Hall–Kier alpha value is -0.250. The van der Waals surface area contributed by atoms with Gasteiger partial charge in [0.05, 0.1) is 6.54 Å². The van der Waals surface area contributed by atoms with Gasteiger partial charge in [0.2, 0.25) is 0 Å². The molecule has 2 fully saturated rings. The number of halogens is 4. The molecule has 2 unspecified atom stereocenters. The lowest BCUT2D eigenvalue weighted by atomic mass is 9.82. The van der Waals surface area contributed by atoms with Gasteiger partial charge in [0.25, 0.3) is 0 Å². The zero-order valence-corrected chi connectivity index (χ0v) is 16.9. The molecule has 2 aliphatic rings. The van der Waals surface area contributed by atoms with E-state index < -0.39 is 12.7 Å². The maximum Gasteiger partial charge on any atom is 0.401 e. The topological polar surface area (TPSA) is 30.9 Å². The molecule has 24 heavy (non-hydrogen) atoms. The molecule has 0 aromatic heterocycles. The third kappa shape index (κ3) is 6.93. The van der Waals surface area contributed by atoms with Crippen molar-refractivity contribution in [2.45, 2.75) is 38.3 Å². The van der Waals surface area contributed by atoms with Gasteiger partial charge in [-0.25, -0.2) is 0 Å². The van der Waals surface area contributed by atoms with Crippen LogP contribution in [-0.4, -0.2) is 68.8 Å². The van der Waals surface area contributed by atoms with Gasteiger partial charge in [0, 0.05) is 26.7 Å². The van der Waals surface area contributed by atoms with Crippen LogP contribution in [0.5, 0.6) is 0 Å². The van der Waals surface area contributed by atoms with E-state index in [2.05, 4.69) is 15.2 Å². The zero-order chi connectivity index (χ0) is 16.9. The molecule has 0 aromatic carbocycles. The maximum absolute atomic E-state index is 12.3. The normalized spacial score (nSPS) is 24.8. The van der Waals surface area contributed by atoms with Gasteiger partial charge in [-0.05, 0) is 44.7 Å². The minimum atomic E-state index is -4.12. The first-order valence-corrected chi connectivity index (χ1v) is 8.60. The number of hydrogen-bond donors (Lipinski definition) is 1. The van der Waals surface area contributed by atoms with Crippen molar-refractivity contribution >= 4 is 29.9 Å². The Balaban J connectivity index is 0.00000288. The van der Waals surface area contributed by atoms with Crippen LogP contribution in [0.3, 0.4) is 0 Å². The van der Waals surface area contributed by atoms with Crippen LogP contribution < -0.4 is 5.32 Å². The summed E-state index contributed by atoms with van der Waals surface area (Å²) < 4.78 is 36.8. The number of hydrogen-bond acceptors (Lipinski definition) is 2. The van der Waals surface area contributed by atoms with Gasteiger partial charge in [-0.2, -0.15) is 13.2 Å². The van der Waals surface area contributed by atoms with Crippen LogP contribution in [0, 0.1) is 11.8 Å². The lowest BCUT2D eigenvalue weighted by molar-refractivity contribution is -0.143. The molecule has 0 amide bonds. The van der Waals surface area contributed by atoms with Crippen LogP contribution >= 0.6 is 24.0 Å². The van der Waals surface area contributed by atoms with Crippen molar-refractivity contribution in [3.63, 3.8) is 0 Å². The predicted molar refractivity (Wildman–Crippen MR) is 102 cm³/mol. The van der Waals surface area contributed by atoms with Crippen LogP contribution in [0.2, 0.25) is 0 Å². The van der Waals surface area contributed by atoms with E-state index in [1.807, 2.05) is 0 Å². The van der Waals surface area contributed by atoms with Gasteiger partial charge in [0.15, 0.2) is 5.96 Å². The summed E-state index contributed by atoms with van der Waals surface area (Å²) in [5.74, 6) is 2.48. The van der Waals surface area contributed by atoms with Gasteiger partial charge >= 0.3 is 6.18 Å². The Kier molecular flexibility index (Phi) is 9.11. The largest absolute Gasteiger partial charge is 0.401 e. The van der Waals surface area contributed by atoms with Gasteiger partial charge in [-0.1, -0.05) is 12.8 Å². The molecule has 1 saturated carbocycles.